The van der Waals surface area contributed by atoms with Gasteiger partial charge in [0.05, 0.1) is 38.7 Å². The molecule has 0 aliphatic carbocycles. The molecule has 172 valence electrons. The summed E-state index contributed by atoms with van der Waals surface area (Å²) in [7, 11) is 4.19. The highest BCUT2D eigenvalue weighted by molar-refractivity contribution is 5.95. The molecule has 3 rings (SSSR count). The molecule has 12 heteroatoms. The molecule has 12 nitrogen and oxygen atoms in total. The van der Waals surface area contributed by atoms with Crippen LogP contribution >= 0.6 is 0 Å². The van der Waals surface area contributed by atoms with Gasteiger partial charge < -0.3 is 19.5 Å². The third-order valence-corrected chi connectivity index (χ3v) is 4.81. The Morgan fingerprint density at radius 1 is 1.12 bits per heavy atom. The number of carbonyl (C=O) groups excluding carboxylic acids is 2. The number of nitro groups is 1. The quantitative estimate of drug-likeness (QED) is 0.291. The van der Waals surface area contributed by atoms with E-state index in [-0.39, 0.29) is 23.4 Å². The summed E-state index contributed by atoms with van der Waals surface area (Å²) in [4.78, 5) is 39.7. The molecule has 0 aliphatic rings. The van der Waals surface area contributed by atoms with E-state index in [2.05, 4.69) is 15.4 Å². The van der Waals surface area contributed by atoms with Crippen LogP contribution in [-0.2, 0) is 9.53 Å². The number of esters is 1. The Hall–Kier alpha value is -4.48. The molecule has 1 unspecified atom stereocenters. The lowest BCUT2D eigenvalue weighted by Gasteiger charge is -2.20. The first-order valence-electron chi connectivity index (χ1n) is 9.61. The number of carbonyl (C=O) groups is 2. The van der Waals surface area contributed by atoms with Gasteiger partial charge in [0, 0.05) is 11.6 Å². The van der Waals surface area contributed by atoms with E-state index in [4.69, 9.17) is 14.2 Å². The van der Waals surface area contributed by atoms with E-state index in [1.54, 1.807) is 18.2 Å². The summed E-state index contributed by atoms with van der Waals surface area (Å²) in [5.41, 5.74) is 0.407. The zero-order chi connectivity index (χ0) is 24.0. The molecule has 1 amide bonds. The molecule has 2 aromatic carbocycles. The first-order chi connectivity index (χ1) is 15.9. The second-order valence-corrected chi connectivity index (χ2v) is 6.72. The number of aromatic nitrogens is 3. The van der Waals surface area contributed by atoms with Gasteiger partial charge in [0.2, 0.25) is 0 Å². The van der Waals surface area contributed by atoms with Gasteiger partial charge >= 0.3 is 5.97 Å². The summed E-state index contributed by atoms with van der Waals surface area (Å²) in [6.45, 7) is 0. The highest BCUT2D eigenvalue weighted by Gasteiger charge is 2.24. The molecule has 1 N–H and O–H groups in total. The molecule has 0 saturated heterocycles. The maximum absolute atomic E-state index is 13.0. The van der Waals surface area contributed by atoms with Gasteiger partial charge in [-0.3, -0.25) is 19.7 Å². The predicted molar refractivity (Wildman–Crippen MR) is 114 cm³/mol. The SMILES string of the molecule is COC(=O)CC(NC(=O)c1ccc(-n2cncn2)c([N+](=O)[O-])c1)c1ccc(OC)c(OC)c1. The van der Waals surface area contributed by atoms with Crippen LogP contribution in [0.15, 0.2) is 49.1 Å². The van der Waals surface area contributed by atoms with Gasteiger partial charge in [0.25, 0.3) is 11.6 Å². The fourth-order valence-corrected chi connectivity index (χ4v) is 3.15. The van der Waals surface area contributed by atoms with Crippen molar-refractivity contribution in [2.45, 2.75) is 12.5 Å². The molecule has 1 aromatic heterocycles. The van der Waals surface area contributed by atoms with Gasteiger partial charge in [0.1, 0.15) is 18.3 Å². The predicted octanol–water partition coefficient (Wildman–Crippen LogP) is 2.23. The van der Waals surface area contributed by atoms with Crippen LogP contribution in [0.1, 0.15) is 28.4 Å². The summed E-state index contributed by atoms with van der Waals surface area (Å²) in [5.74, 6) is -0.287. The molecule has 0 spiro atoms. The number of nitrogens with zero attached hydrogens (tertiary/aromatic N) is 4. The van der Waals surface area contributed by atoms with E-state index in [0.717, 1.165) is 6.07 Å². The fraction of sp³-hybridized carbons (Fsp3) is 0.238. The molecular formula is C21H21N5O7. The smallest absolute Gasteiger partial charge is 0.307 e. The number of ether oxygens (including phenoxy) is 3. The van der Waals surface area contributed by atoms with Crippen LogP contribution in [-0.4, -0.2) is 52.9 Å². The van der Waals surface area contributed by atoms with E-state index < -0.39 is 22.8 Å². The molecule has 3 aromatic rings. The Morgan fingerprint density at radius 2 is 1.88 bits per heavy atom. The average molecular weight is 455 g/mol. The van der Waals surface area contributed by atoms with Crippen molar-refractivity contribution in [1.82, 2.24) is 20.1 Å². The minimum absolute atomic E-state index is 0.0286. The largest absolute Gasteiger partial charge is 0.493 e. The van der Waals surface area contributed by atoms with Gasteiger partial charge in [0.15, 0.2) is 11.5 Å². The number of hydrogen-bond donors (Lipinski definition) is 1. The van der Waals surface area contributed by atoms with Crippen LogP contribution in [0, 0.1) is 10.1 Å². The lowest BCUT2D eigenvalue weighted by atomic mass is 10.0. The second-order valence-electron chi connectivity index (χ2n) is 6.72. The van der Waals surface area contributed by atoms with Crippen LogP contribution in [0.5, 0.6) is 11.5 Å². The molecule has 1 atom stereocenters. The topological polar surface area (TPSA) is 148 Å². The van der Waals surface area contributed by atoms with E-state index in [1.165, 1.54) is 50.8 Å². The standard InChI is InChI=1S/C21H21N5O7/c1-31-18-7-5-13(9-19(18)32-2)15(10-20(27)33-3)24-21(28)14-4-6-16(17(8-14)26(29)30)25-12-22-11-23-25/h4-9,11-12,15H,10H2,1-3H3,(H,24,28). The minimum Gasteiger partial charge on any atom is -0.493 e. The van der Waals surface area contributed by atoms with Crippen molar-refractivity contribution in [3.63, 3.8) is 0 Å². The van der Waals surface area contributed by atoms with Crippen molar-refractivity contribution in [1.29, 1.82) is 0 Å². The van der Waals surface area contributed by atoms with E-state index >= 15 is 0 Å². The molecule has 0 saturated carbocycles. The lowest BCUT2D eigenvalue weighted by Crippen LogP contribution is -2.30. The van der Waals surface area contributed by atoms with Crippen molar-refractivity contribution in [3.8, 4) is 17.2 Å². The van der Waals surface area contributed by atoms with Crippen LogP contribution in [0.4, 0.5) is 5.69 Å². The van der Waals surface area contributed by atoms with E-state index in [1.807, 2.05) is 0 Å². The first kappa shape index (κ1) is 23.2. The maximum Gasteiger partial charge on any atom is 0.307 e. The summed E-state index contributed by atoms with van der Waals surface area (Å²) in [6, 6.07) is 8.10. The third-order valence-electron chi connectivity index (χ3n) is 4.81. The summed E-state index contributed by atoms with van der Waals surface area (Å²) >= 11 is 0. The Morgan fingerprint density at radius 3 is 2.48 bits per heavy atom. The van der Waals surface area contributed by atoms with Gasteiger partial charge in [-0.2, -0.15) is 5.10 Å². The lowest BCUT2D eigenvalue weighted by molar-refractivity contribution is -0.384. The van der Waals surface area contributed by atoms with E-state index in [9.17, 15) is 19.7 Å². The number of methoxy groups -OCH3 is 3. The number of rotatable bonds is 9. The van der Waals surface area contributed by atoms with Crippen molar-refractivity contribution in [2.24, 2.45) is 0 Å². The van der Waals surface area contributed by atoms with E-state index in [0.29, 0.717) is 17.1 Å². The number of benzene rings is 2. The molecule has 0 radical (unpaired) electrons. The zero-order valence-electron chi connectivity index (χ0n) is 18.0. The first-order valence-corrected chi connectivity index (χ1v) is 9.61. The van der Waals surface area contributed by atoms with Crippen LogP contribution in [0.3, 0.4) is 0 Å². The van der Waals surface area contributed by atoms with Crippen molar-refractivity contribution in [3.05, 3.63) is 70.3 Å². The average Bonchev–Trinajstić information content (AvgIpc) is 3.37. The number of nitro benzene ring substituents is 1. The Labute approximate surface area is 188 Å². The molecule has 0 bridgehead atoms. The number of hydrogen-bond acceptors (Lipinski definition) is 9. The normalized spacial score (nSPS) is 11.4. The number of amides is 1. The maximum atomic E-state index is 13.0. The molecular weight excluding hydrogens is 434 g/mol. The van der Waals surface area contributed by atoms with Gasteiger partial charge in [-0.05, 0) is 29.8 Å². The number of nitrogens with one attached hydrogen (secondary N) is 1. The summed E-state index contributed by atoms with van der Waals surface area (Å²) in [5, 5.41) is 18.2. The van der Waals surface area contributed by atoms with Gasteiger partial charge in [-0.25, -0.2) is 9.67 Å². The summed E-state index contributed by atoms with van der Waals surface area (Å²) < 4.78 is 16.5. The van der Waals surface area contributed by atoms with Crippen LogP contribution < -0.4 is 14.8 Å². The van der Waals surface area contributed by atoms with Gasteiger partial charge in [-0.15, -0.1) is 0 Å². The Kier molecular flexibility index (Phi) is 7.18. The zero-order valence-corrected chi connectivity index (χ0v) is 18.0. The minimum atomic E-state index is -0.793. The Bertz CT molecular complexity index is 1160. The highest BCUT2D eigenvalue weighted by atomic mass is 16.6. The molecule has 0 aliphatic heterocycles. The van der Waals surface area contributed by atoms with Crippen molar-refractivity contribution in [2.75, 3.05) is 21.3 Å². The molecule has 0 fully saturated rings. The van der Waals surface area contributed by atoms with Gasteiger partial charge in [-0.1, -0.05) is 6.07 Å². The van der Waals surface area contributed by atoms with Crippen LogP contribution in [0.25, 0.3) is 5.69 Å². The van der Waals surface area contributed by atoms with Crippen molar-refractivity contribution < 1.29 is 28.7 Å². The monoisotopic (exact) mass is 455 g/mol. The highest BCUT2D eigenvalue weighted by Crippen LogP contribution is 2.31. The van der Waals surface area contributed by atoms with Crippen LogP contribution in [0.2, 0.25) is 0 Å². The summed E-state index contributed by atoms with van der Waals surface area (Å²) in [6.07, 6.45) is 2.38. The fourth-order valence-electron chi connectivity index (χ4n) is 3.15. The second kappa shape index (κ2) is 10.2. The van der Waals surface area contributed by atoms with Crippen molar-refractivity contribution >= 4 is 17.6 Å². The Balaban J connectivity index is 1.93. The molecule has 1 heterocycles. The molecule has 33 heavy (non-hydrogen) atoms. The third kappa shape index (κ3) is 5.23.